The molecule has 1 amide bonds. The van der Waals surface area contributed by atoms with E-state index in [0.29, 0.717) is 25.6 Å². The van der Waals surface area contributed by atoms with Crippen molar-refractivity contribution in [1.29, 1.82) is 0 Å². The number of carboxylic acids is 1. The number of carbonyl (C=O) groups is 2. The summed E-state index contributed by atoms with van der Waals surface area (Å²) in [4.78, 5) is 22.2. The number of rotatable bonds is 7. The van der Waals surface area contributed by atoms with Crippen LogP contribution in [-0.2, 0) is 9.59 Å². The van der Waals surface area contributed by atoms with Gasteiger partial charge in [0.25, 0.3) is 0 Å². The summed E-state index contributed by atoms with van der Waals surface area (Å²) in [6, 6.07) is 0. The zero-order chi connectivity index (χ0) is 12.9. The molecule has 6 heteroatoms. The maximum absolute atomic E-state index is 11.5. The summed E-state index contributed by atoms with van der Waals surface area (Å²) in [6.45, 7) is 6.05. The van der Waals surface area contributed by atoms with Gasteiger partial charge < -0.3 is 15.7 Å². The molecule has 1 rings (SSSR count). The third-order valence-electron chi connectivity index (χ3n) is 2.75. The minimum absolute atomic E-state index is 0.0391. The average Bonchev–Trinajstić information content (AvgIpc) is 2.18. The van der Waals surface area contributed by atoms with Crippen LogP contribution in [0.1, 0.15) is 20.3 Å². The lowest BCUT2D eigenvalue weighted by atomic mass is 9.88. The summed E-state index contributed by atoms with van der Waals surface area (Å²) in [7, 11) is 0. The van der Waals surface area contributed by atoms with Crippen LogP contribution in [0, 0.1) is 5.92 Å². The van der Waals surface area contributed by atoms with Crippen LogP contribution in [0.4, 0.5) is 0 Å². The largest absolute Gasteiger partial charge is 0.481 e. The fourth-order valence-corrected chi connectivity index (χ4v) is 1.68. The summed E-state index contributed by atoms with van der Waals surface area (Å²) in [5, 5.41) is 17.6. The van der Waals surface area contributed by atoms with Crippen molar-refractivity contribution in [2.45, 2.75) is 25.8 Å². The third kappa shape index (κ3) is 4.70. The Morgan fingerprint density at radius 1 is 1.41 bits per heavy atom. The second-order valence-electron chi connectivity index (χ2n) is 5.01. The predicted molar refractivity (Wildman–Crippen MR) is 63.7 cm³/mol. The molecule has 98 valence electrons. The lowest BCUT2D eigenvalue weighted by Crippen LogP contribution is -2.69. The van der Waals surface area contributed by atoms with Gasteiger partial charge in [-0.25, -0.2) is 0 Å². The summed E-state index contributed by atoms with van der Waals surface area (Å²) in [6.07, 6.45) is 0.0391. The normalized spacial score (nSPS) is 17.6. The second kappa shape index (κ2) is 5.97. The highest BCUT2D eigenvalue weighted by atomic mass is 16.4. The Balaban J connectivity index is 2.28. The maximum Gasteiger partial charge on any atom is 0.305 e. The molecule has 6 nitrogen and oxygen atoms in total. The molecule has 0 radical (unpaired) electrons. The minimum atomic E-state index is -0.846. The highest BCUT2D eigenvalue weighted by Gasteiger charge is 2.38. The van der Waals surface area contributed by atoms with Crippen molar-refractivity contribution in [3.63, 3.8) is 0 Å². The van der Waals surface area contributed by atoms with Gasteiger partial charge in [0, 0.05) is 19.6 Å². The van der Waals surface area contributed by atoms with Crippen LogP contribution in [0.3, 0.4) is 0 Å². The first kappa shape index (κ1) is 13.9. The van der Waals surface area contributed by atoms with Gasteiger partial charge >= 0.3 is 5.97 Å². The predicted octanol–water partition coefficient (Wildman–Crippen LogP) is -0.835. The van der Waals surface area contributed by atoms with Crippen LogP contribution in [0.2, 0.25) is 0 Å². The molecule has 0 aromatic heterocycles. The third-order valence-corrected chi connectivity index (χ3v) is 2.75. The van der Waals surface area contributed by atoms with Crippen LogP contribution < -0.4 is 16.0 Å². The van der Waals surface area contributed by atoms with Gasteiger partial charge in [-0.15, -0.1) is 0 Å². The van der Waals surface area contributed by atoms with Crippen molar-refractivity contribution in [3.8, 4) is 0 Å². The van der Waals surface area contributed by atoms with E-state index >= 15 is 0 Å². The molecule has 1 fully saturated rings. The van der Waals surface area contributed by atoms with E-state index < -0.39 is 11.5 Å². The van der Waals surface area contributed by atoms with Crippen LogP contribution in [0.25, 0.3) is 0 Å². The Morgan fingerprint density at radius 3 is 2.47 bits per heavy atom. The van der Waals surface area contributed by atoms with Crippen molar-refractivity contribution in [2.24, 2.45) is 5.92 Å². The van der Waals surface area contributed by atoms with Crippen LogP contribution in [0.5, 0.6) is 0 Å². The Labute approximate surface area is 101 Å². The van der Waals surface area contributed by atoms with E-state index in [2.05, 4.69) is 16.0 Å². The molecule has 1 aliphatic heterocycles. The summed E-state index contributed by atoms with van der Waals surface area (Å²) in [5.74, 6) is -0.519. The Morgan fingerprint density at radius 2 is 2.06 bits per heavy atom. The molecule has 1 saturated heterocycles. The van der Waals surface area contributed by atoms with Gasteiger partial charge in [0.05, 0.1) is 18.5 Å². The Bertz CT molecular complexity index is 288. The smallest absolute Gasteiger partial charge is 0.305 e. The summed E-state index contributed by atoms with van der Waals surface area (Å²) in [5.41, 5.74) is -0.457. The number of hydrogen-bond acceptors (Lipinski definition) is 4. The second-order valence-corrected chi connectivity index (χ2v) is 5.01. The lowest BCUT2D eigenvalue weighted by molar-refractivity contribution is -0.139. The van der Waals surface area contributed by atoms with Gasteiger partial charge in [-0.1, -0.05) is 13.8 Å². The number of carboxylic acid groups (broad SMARTS) is 1. The highest BCUT2D eigenvalue weighted by molar-refractivity contribution is 5.78. The van der Waals surface area contributed by atoms with Crippen molar-refractivity contribution in [2.75, 3.05) is 26.2 Å². The van der Waals surface area contributed by atoms with Crippen molar-refractivity contribution in [3.05, 3.63) is 0 Å². The van der Waals surface area contributed by atoms with E-state index in [9.17, 15) is 9.59 Å². The number of carbonyl (C=O) groups excluding carboxylic acids is 1. The van der Waals surface area contributed by atoms with Crippen LogP contribution in [0.15, 0.2) is 0 Å². The van der Waals surface area contributed by atoms with E-state index in [1.807, 2.05) is 13.8 Å². The van der Waals surface area contributed by atoms with Gasteiger partial charge in [0.2, 0.25) is 5.91 Å². The van der Waals surface area contributed by atoms with E-state index in [0.717, 1.165) is 0 Å². The van der Waals surface area contributed by atoms with E-state index in [1.165, 1.54) is 0 Å². The quantitative estimate of drug-likeness (QED) is 0.468. The van der Waals surface area contributed by atoms with E-state index in [4.69, 9.17) is 5.11 Å². The van der Waals surface area contributed by atoms with Gasteiger partial charge in [0.15, 0.2) is 0 Å². The van der Waals surface area contributed by atoms with Crippen molar-refractivity contribution in [1.82, 2.24) is 16.0 Å². The molecule has 0 saturated carbocycles. The first-order valence-electron chi connectivity index (χ1n) is 5.88. The molecule has 1 heterocycles. The van der Waals surface area contributed by atoms with Gasteiger partial charge in [-0.3, -0.25) is 14.9 Å². The molecule has 0 aromatic carbocycles. The van der Waals surface area contributed by atoms with Gasteiger partial charge in [0.1, 0.15) is 0 Å². The van der Waals surface area contributed by atoms with Crippen molar-refractivity contribution >= 4 is 11.9 Å². The molecule has 1 aliphatic rings. The molecule has 0 atom stereocenters. The molecule has 0 aromatic rings. The average molecular weight is 243 g/mol. The standard InChI is InChI=1S/C11H21N3O3/c1-8(2)4-13-9(15)5-14-11(3-10(16)17)6-12-7-11/h8,12,14H,3-7H2,1-2H3,(H,13,15)(H,16,17). The number of nitrogens with one attached hydrogen (secondary N) is 3. The van der Waals surface area contributed by atoms with Crippen molar-refractivity contribution < 1.29 is 14.7 Å². The summed E-state index contributed by atoms with van der Waals surface area (Å²) >= 11 is 0. The fourth-order valence-electron chi connectivity index (χ4n) is 1.68. The van der Waals surface area contributed by atoms with Crippen LogP contribution in [-0.4, -0.2) is 48.7 Å². The molecule has 0 aliphatic carbocycles. The highest BCUT2D eigenvalue weighted by Crippen LogP contribution is 2.15. The zero-order valence-corrected chi connectivity index (χ0v) is 10.4. The topological polar surface area (TPSA) is 90.5 Å². The Kier molecular flexibility index (Phi) is 4.89. The Hall–Kier alpha value is -1.14. The molecule has 0 spiro atoms. The minimum Gasteiger partial charge on any atom is -0.481 e. The van der Waals surface area contributed by atoms with Gasteiger partial charge in [-0.2, -0.15) is 0 Å². The fraction of sp³-hybridized carbons (Fsp3) is 0.818. The first-order chi connectivity index (χ1) is 7.93. The SMILES string of the molecule is CC(C)CNC(=O)CNC1(CC(=O)O)CNC1. The van der Waals surface area contributed by atoms with Gasteiger partial charge in [-0.05, 0) is 5.92 Å². The van der Waals surface area contributed by atoms with E-state index in [-0.39, 0.29) is 18.9 Å². The maximum atomic E-state index is 11.5. The molecule has 0 bridgehead atoms. The molecule has 0 unspecified atom stereocenters. The lowest BCUT2D eigenvalue weighted by Gasteiger charge is -2.42. The number of aliphatic carboxylic acids is 1. The van der Waals surface area contributed by atoms with Crippen LogP contribution >= 0.6 is 0 Å². The molecule has 4 N–H and O–H groups in total. The monoisotopic (exact) mass is 243 g/mol. The zero-order valence-electron chi connectivity index (χ0n) is 10.4. The first-order valence-corrected chi connectivity index (χ1v) is 5.88. The summed E-state index contributed by atoms with van der Waals surface area (Å²) < 4.78 is 0. The molecular formula is C11H21N3O3. The molecular weight excluding hydrogens is 222 g/mol. The number of amides is 1. The molecule has 17 heavy (non-hydrogen) atoms. The van der Waals surface area contributed by atoms with E-state index in [1.54, 1.807) is 0 Å². The number of hydrogen-bond donors (Lipinski definition) is 4.